The van der Waals surface area contributed by atoms with Crippen molar-refractivity contribution in [2.75, 3.05) is 45.0 Å². The van der Waals surface area contributed by atoms with E-state index >= 15 is 0 Å². The van der Waals surface area contributed by atoms with Crippen molar-refractivity contribution < 1.29 is 63.0 Å². The lowest BCUT2D eigenvalue weighted by atomic mass is 10.00. The molecule has 11 amide bonds. The van der Waals surface area contributed by atoms with Crippen LogP contribution in [-0.2, 0) is 59.2 Å². The van der Waals surface area contributed by atoms with Crippen molar-refractivity contribution in [1.29, 1.82) is 0 Å². The van der Waals surface area contributed by atoms with Gasteiger partial charge in [-0.3, -0.25) is 52.7 Å². The monoisotopic (exact) mass is 1310 g/mol. The molecule has 1 saturated heterocycles. The Morgan fingerprint density at radius 2 is 1.05 bits per heavy atom. The van der Waals surface area contributed by atoms with Gasteiger partial charge in [-0.2, -0.15) is 0 Å². The van der Waals surface area contributed by atoms with Gasteiger partial charge in [-0.15, -0.1) is 0 Å². The summed E-state index contributed by atoms with van der Waals surface area (Å²) in [6, 6.07) is 10.9. The number of aliphatic hydroxyl groups is 2. The third-order valence-electron chi connectivity index (χ3n) is 14.3. The van der Waals surface area contributed by atoms with Crippen molar-refractivity contribution in [3.8, 4) is 11.1 Å². The smallest absolute Gasteiger partial charge is 0.245 e. The lowest BCUT2D eigenvalue weighted by Gasteiger charge is -2.29. The zero-order valence-corrected chi connectivity index (χ0v) is 53.2. The summed E-state index contributed by atoms with van der Waals surface area (Å²) in [5.74, 6) is -10.4. The van der Waals surface area contributed by atoms with Gasteiger partial charge in [0.15, 0.2) is 0 Å². The SMILES string of the molecule is CC(C)C[C@@H]1NC(=O)[C@@H](Cc2ccccc2)NC(=O)[C@H](CCN)NC(=O)[C@@H](NC(=O)[C@H](CCN)NC(=O)[C@@H](NC(=O)[C@@H](CSSc2ccc(-c3ccccc3)cc2)NC(=O)CN)[C@@H](C)O)CCNC(=O)[C@H]([C@@H](C)O)NC(=O)[C@H](CCN)NC(=O)[C@H](CCN)NC1=O. The highest BCUT2D eigenvalue weighted by Crippen LogP contribution is 2.33. The molecule has 0 aliphatic carbocycles. The summed E-state index contributed by atoms with van der Waals surface area (Å²) in [5, 5.41) is 49.8. The van der Waals surface area contributed by atoms with Crippen LogP contribution in [0, 0.1) is 5.92 Å². The van der Waals surface area contributed by atoms with Gasteiger partial charge in [-0.05, 0) is 113 Å². The van der Waals surface area contributed by atoms with Gasteiger partial charge in [-0.25, -0.2) is 0 Å². The fourth-order valence-corrected chi connectivity index (χ4v) is 11.6. The minimum absolute atomic E-state index is 0.0329. The summed E-state index contributed by atoms with van der Waals surface area (Å²) in [5.41, 5.74) is 31.8. The summed E-state index contributed by atoms with van der Waals surface area (Å²) in [6.07, 6.45) is -4.61. The van der Waals surface area contributed by atoms with E-state index in [-0.39, 0.29) is 76.4 Å². The van der Waals surface area contributed by atoms with Crippen LogP contribution in [-0.4, -0.2) is 193 Å². The lowest BCUT2D eigenvalue weighted by Crippen LogP contribution is -2.62. The fourth-order valence-electron chi connectivity index (χ4n) is 9.38. The molecule has 0 aromatic heterocycles. The number of carbonyl (C=O) groups excluding carboxylic acids is 11. The Hall–Kier alpha value is -7.75. The number of rotatable bonds is 27. The minimum atomic E-state index is -1.75. The van der Waals surface area contributed by atoms with Crippen LogP contribution in [0.2, 0.25) is 0 Å². The summed E-state index contributed by atoms with van der Waals surface area (Å²) < 4.78 is 0. The molecule has 1 fully saturated rings. The first-order valence-corrected chi connectivity index (χ1v) is 32.4. The normalized spacial score (nSPS) is 21.7. The van der Waals surface area contributed by atoms with E-state index in [1.54, 1.807) is 44.2 Å². The van der Waals surface area contributed by atoms with Crippen molar-refractivity contribution in [3.63, 3.8) is 0 Å². The van der Waals surface area contributed by atoms with Gasteiger partial charge >= 0.3 is 0 Å². The summed E-state index contributed by atoms with van der Waals surface area (Å²) in [6.45, 7) is 4.28. The average Bonchev–Trinajstić information content (AvgIpc) is 2.53. The molecule has 4 rings (SSSR count). The van der Waals surface area contributed by atoms with E-state index in [9.17, 15) is 63.0 Å². The topological polar surface area (TPSA) is 491 Å². The highest BCUT2D eigenvalue weighted by Gasteiger charge is 2.38. The lowest BCUT2D eigenvalue weighted by molar-refractivity contribution is -0.136. The van der Waals surface area contributed by atoms with Crippen LogP contribution >= 0.6 is 21.6 Å². The largest absolute Gasteiger partial charge is 0.391 e. The van der Waals surface area contributed by atoms with E-state index in [2.05, 4.69) is 58.5 Å². The first kappa shape index (κ1) is 75.7. The first-order chi connectivity index (χ1) is 43.4. The third kappa shape index (κ3) is 25.5. The van der Waals surface area contributed by atoms with Crippen molar-refractivity contribution in [3.05, 3.63) is 90.5 Å². The van der Waals surface area contributed by atoms with E-state index in [1.165, 1.54) is 35.4 Å². The highest BCUT2D eigenvalue weighted by atomic mass is 33.1. The van der Waals surface area contributed by atoms with E-state index in [4.69, 9.17) is 28.7 Å². The van der Waals surface area contributed by atoms with Gasteiger partial charge in [0, 0.05) is 23.6 Å². The van der Waals surface area contributed by atoms with Gasteiger partial charge in [0.25, 0.3) is 0 Å². The zero-order chi connectivity index (χ0) is 67.2. The summed E-state index contributed by atoms with van der Waals surface area (Å²) >= 11 is 0. The van der Waals surface area contributed by atoms with E-state index in [0.717, 1.165) is 16.0 Å². The van der Waals surface area contributed by atoms with Crippen molar-refractivity contribution in [2.45, 2.75) is 150 Å². The number of benzene rings is 3. The maximum absolute atomic E-state index is 14.6. The molecule has 23 N–H and O–H groups in total. The maximum atomic E-state index is 14.6. The molecule has 12 atom stereocenters. The maximum Gasteiger partial charge on any atom is 0.245 e. The number of nitrogens with two attached hydrogens (primary N) is 5. The molecular formula is C60H90N16O13S2. The highest BCUT2D eigenvalue weighted by molar-refractivity contribution is 8.76. The van der Waals surface area contributed by atoms with Gasteiger partial charge in [-0.1, -0.05) is 108 Å². The molecule has 91 heavy (non-hydrogen) atoms. The summed E-state index contributed by atoms with van der Waals surface area (Å²) in [7, 11) is 2.53. The number of hydrogen-bond donors (Lipinski definition) is 18. The Morgan fingerprint density at radius 1 is 0.549 bits per heavy atom. The quantitative estimate of drug-likeness (QED) is 0.0322. The second-order valence-electron chi connectivity index (χ2n) is 22.2. The predicted octanol–water partition coefficient (Wildman–Crippen LogP) is -4.13. The van der Waals surface area contributed by atoms with Crippen molar-refractivity contribution >= 4 is 86.6 Å². The van der Waals surface area contributed by atoms with E-state index in [1.807, 2.05) is 54.6 Å². The standard InChI is InChI=1S/C60H90N16O13S2/c1-33(2)29-45-56(85)70-40(19-24-61)51(80)69-43(22-27-64)55(84)75-49(34(3)77)59(88)66-28-23-44(54(83)68-41(20-25-62)53(82)74-46(57(86)73-45)30-36-11-7-5-8-12-36)71-52(81)42(21-26-63)72-60(89)50(35(4)78)76-58(87)47(67-48(79)31-65)32-90-91-39-17-15-38(16-18-39)37-13-9-6-10-14-37/h5-18,33-35,40-47,49-50,77-78H,19-32,61-65H2,1-4H3,(H,66,88)(H,67,79)(H,68,83)(H,69,80)(H,70,85)(H,71,81)(H,72,89)(H,73,86)(H,74,82)(H,75,84)(H,76,87)/t34-,35-,40+,41+,42+,43+,44+,45+,46-,47-,49+,50+/m1/s1. The number of aliphatic hydroxyl groups excluding tert-OH is 2. The van der Waals surface area contributed by atoms with Crippen LogP contribution in [0.25, 0.3) is 11.1 Å². The Kier molecular flexibility index (Phi) is 32.9. The molecule has 0 bridgehead atoms. The Morgan fingerprint density at radius 3 is 1.58 bits per heavy atom. The van der Waals surface area contributed by atoms with Crippen LogP contribution in [0.15, 0.2) is 89.8 Å². The summed E-state index contributed by atoms with van der Waals surface area (Å²) in [4.78, 5) is 155. The zero-order valence-electron chi connectivity index (χ0n) is 51.6. The molecule has 1 aliphatic rings. The van der Waals surface area contributed by atoms with Gasteiger partial charge < -0.3 is 97.4 Å². The van der Waals surface area contributed by atoms with E-state index < -0.39 is 157 Å². The molecule has 0 unspecified atom stereocenters. The molecule has 500 valence electrons. The second-order valence-corrected chi connectivity index (χ2v) is 24.6. The average molecular weight is 1310 g/mol. The molecule has 3 aromatic carbocycles. The fraction of sp³-hybridized carbons (Fsp3) is 0.517. The number of carbonyl (C=O) groups is 11. The van der Waals surface area contributed by atoms with Crippen molar-refractivity contribution in [2.24, 2.45) is 34.6 Å². The molecule has 3 aromatic rings. The molecule has 31 heteroatoms. The molecule has 29 nitrogen and oxygen atoms in total. The van der Waals surface area contributed by atoms with E-state index in [0.29, 0.717) is 5.56 Å². The van der Waals surface area contributed by atoms with Crippen molar-refractivity contribution in [1.82, 2.24) is 58.5 Å². The second kappa shape index (κ2) is 39.5. The van der Waals surface area contributed by atoms with Crippen LogP contribution < -0.4 is 87.2 Å². The molecule has 1 aliphatic heterocycles. The van der Waals surface area contributed by atoms with Gasteiger partial charge in [0.1, 0.15) is 60.4 Å². The molecular weight excluding hydrogens is 1220 g/mol. The van der Waals surface area contributed by atoms with Crippen LogP contribution in [0.5, 0.6) is 0 Å². The third-order valence-corrected chi connectivity index (χ3v) is 16.7. The molecule has 0 spiro atoms. The number of hydrogen-bond acceptors (Lipinski definition) is 20. The van der Waals surface area contributed by atoms with Crippen LogP contribution in [0.4, 0.5) is 0 Å². The molecule has 1 heterocycles. The first-order valence-electron chi connectivity index (χ1n) is 30.1. The van der Waals surface area contributed by atoms with Crippen LogP contribution in [0.3, 0.4) is 0 Å². The predicted molar refractivity (Wildman–Crippen MR) is 344 cm³/mol. The Labute approximate surface area is 537 Å². The van der Waals surface area contributed by atoms with Gasteiger partial charge in [0.2, 0.25) is 65.0 Å². The molecule has 0 saturated carbocycles. The Balaban J connectivity index is 1.68. The van der Waals surface area contributed by atoms with Crippen LogP contribution in [0.1, 0.15) is 71.8 Å². The number of nitrogens with one attached hydrogen (secondary N) is 11. The number of amides is 11. The van der Waals surface area contributed by atoms with Gasteiger partial charge in [0.05, 0.1) is 18.8 Å². The minimum Gasteiger partial charge on any atom is -0.391 e. The Bertz CT molecular complexity index is 2880. The molecule has 0 radical (unpaired) electrons.